The number of benzene rings is 1. The van der Waals surface area contributed by atoms with Gasteiger partial charge in [0.2, 0.25) is 0 Å². The topological polar surface area (TPSA) is 43.8 Å². The number of hydrogen-bond donors (Lipinski definition) is 1. The quantitative estimate of drug-likeness (QED) is 0.888. The second kappa shape index (κ2) is 4.68. The fourth-order valence-corrected chi connectivity index (χ4v) is 1.92. The number of halogens is 1. The molecule has 1 aromatic carbocycles. The van der Waals surface area contributed by atoms with E-state index < -0.39 is 0 Å². The van der Waals surface area contributed by atoms with E-state index in [-0.39, 0.29) is 0 Å². The summed E-state index contributed by atoms with van der Waals surface area (Å²) in [6.07, 6.45) is 1.66. The van der Waals surface area contributed by atoms with Crippen LogP contribution in [0.1, 0.15) is 5.56 Å². The second-order valence-corrected chi connectivity index (χ2v) is 4.10. The minimum atomic E-state index is 0.550. The zero-order valence-electron chi connectivity index (χ0n) is 9.15. The van der Waals surface area contributed by atoms with E-state index in [1.54, 1.807) is 6.20 Å². The first-order valence-electron chi connectivity index (χ1n) is 5.20. The maximum Gasteiger partial charge on any atom is 0.141 e. The third kappa shape index (κ3) is 2.10. The van der Waals surface area contributed by atoms with Crippen molar-refractivity contribution in [1.82, 2.24) is 9.55 Å². The summed E-state index contributed by atoms with van der Waals surface area (Å²) in [6.45, 7) is 3.29. The van der Waals surface area contributed by atoms with Crippen LogP contribution in [0.25, 0.3) is 11.4 Å². The predicted molar refractivity (Wildman–Crippen MR) is 66.5 cm³/mol. The Labute approximate surface area is 99.9 Å². The summed E-state index contributed by atoms with van der Waals surface area (Å²) in [5.74, 6) is 0.874. The lowest BCUT2D eigenvalue weighted by molar-refractivity contribution is 0.716. The molecule has 0 radical (unpaired) electrons. The highest BCUT2D eigenvalue weighted by molar-refractivity contribution is 6.29. The Morgan fingerprint density at radius 3 is 2.94 bits per heavy atom. The van der Waals surface area contributed by atoms with Crippen molar-refractivity contribution >= 4 is 11.6 Å². The van der Waals surface area contributed by atoms with Crippen LogP contribution < -0.4 is 5.73 Å². The van der Waals surface area contributed by atoms with Crippen LogP contribution in [0.3, 0.4) is 0 Å². The SMILES string of the molecule is Cc1cccc(-c2ncc(Cl)n2CCN)c1. The van der Waals surface area contributed by atoms with Crippen molar-refractivity contribution < 1.29 is 0 Å². The summed E-state index contributed by atoms with van der Waals surface area (Å²) in [5, 5.41) is 0.627. The van der Waals surface area contributed by atoms with Crippen molar-refractivity contribution in [2.24, 2.45) is 5.73 Å². The van der Waals surface area contributed by atoms with Gasteiger partial charge < -0.3 is 10.3 Å². The predicted octanol–water partition coefficient (Wildman–Crippen LogP) is 2.47. The van der Waals surface area contributed by atoms with Crippen LogP contribution >= 0.6 is 11.6 Å². The summed E-state index contributed by atoms with van der Waals surface area (Å²) in [4.78, 5) is 4.32. The number of imidazole rings is 1. The van der Waals surface area contributed by atoms with Gasteiger partial charge in [-0.15, -0.1) is 0 Å². The second-order valence-electron chi connectivity index (χ2n) is 3.71. The Bertz CT molecular complexity index is 491. The Morgan fingerprint density at radius 1 is 1.44 bits per heavy atom. The zero-order chi connectivity index (χ0) is 11.5. The monoisotopic (exact) mass is 235 g/mol. The lowest BCUT2D eigenvalue weighted by Gasteiger charge is -2.08. The molecule has 4 heteroatoms. The number of rotatable bonds is 3. The van der Waals surface area contributed by atoms with Crippen LogP contribution in [0.4, 0.5) is 0 Å². The fraction of sp³-hybridized carbons (Fsp3) is 0.250. The van der Waals surface area contributed by atoms with Gasteiger partial charge in [-0.25, -0.2) is 4.98 Å². The molecule has 0 saturated carbocycles. The number of nitrogens with zero attached hydrogens (tertiary/aromatic N) is 2. The molecule has 3 nitrogen and oxygen atoms in total. The van der Waals surface area contributed by atoms with Gasteiger partial charge in [0.05, 0.1) is 6.20 Å². The van der Waals surface area contributed by atoms with E-state index in [2.05, 4.69) is 24.0 Å². The molecule has 0 aliphatic rings. The van der Waals surface area contributed by atoms with E-state index in [1.165, 1.54) is 5.56 Å². The van der Waals surface area contributed by atoms with Gasteiger partial charge in [-0.1, -0.05) is 35.4 Å². The molecule has 16 heavy (non-hydrogen) atoms. The number of hydrogen-bond acceptors (Lipinski definition) is 2. The van der Waals surface area contributed by atoms with E-state index in [1.807, 2.05) is 16.7 Å². The van der Waals surface area contributed by atoms with E-state index in [0.717, 1.165) is 11.4 Å². The average molecular weight is 236 g/mol. The molecule has 1 aromatic heterocycles. The van der Waals surface area contributed by atoms with Crippen LogP contribution in [-0.4, -0.2) is 16.1 Å². The summed E-state index contributed by atoms with van der Waals surface area (Å²) < 4.78 is 1.93. The van der Waals surface area contributed by atoms with Crippen molar-refractivity contribution in [3.8, 4) is 11.4 Å². The first-order chi connectivity index (χ1) is 7.72. The fourth-order valence-electron chi connectivity index (χ4n) is 1.71. The van der Waals surface area contributed by atoms with Crippen LogP contribution in [-0.2, 0) is 6.54 Å². The molecule has 0 spiro atoms. The standard InChI is InChI=1S/C12H14ClN3/c1-9-3-2-4-10(7-9)12-15-8-11(13)16(12)6-5-14/h2-4,7-8H,5-6,14H2,1H3. The lowest BCUT2D eigenvalue weighted by atomic mass is 10.1. The Hall–Kier alpha value is -1.32. The van der Waals surface area contributed by atoms with Gasteiger partial charge in [0.15, 0.2) is 0 Å². The molecule has 1 heterocycles. The third-order valence-electron chi connectivity index (χ3n) is 2.44. The Morgan fingerprint density at radius 2 is 2.25 bits per heavy atom. The molecule has 0 aliphatic carbocycles. The molecule has 0 amide bonds. The summed E-state index contributed by atoms with van der Waals surface area (Å²) in [7, 11) is 0. The highest BCUT2D eigenvalue weighted by Gasteiger charge is 2.09. The molecule has 0 atom stereocenters. The highest BCUT2D eigenvalue weighted by atomic mass is 35.5. The van der Waals surface area contributed by atoms with Crippen LogP contribution in [0.15, 0.2) is 30.5 Å². The first kappa shape index (κ1) is 11.2. The summed E-state index contributed by atoms with van der Waals surface area (Å²) in [5.41, 5.74) is 7.83. The van der Waals surface area contributed by atoms with Crippen LogP contribution in [0.5, 0.6) is 0 Å². The molecule has 2 aromatic rings. The molecule has 0 unspecified atom stereocenters. The molecule has 84 valence electrons. The zero-order valence-corrected chi connectivity index (χ0v) is 9.91. The van der Waals surface area contributed by atoms with Crippen molar-refractivity contribution in [2.75, 3.05) is 6.54 Å². The van der Waals surface area contributed by atoms with Crippen LogP contribution in [0.2, 0.25) is 5.15 Å². The third-order valence-corrected chi connectivity index (χ3v) is 2.74. The largest absolute Gasteiger partial charge is 0.329 e. The van der Waals surface area contributed by atoms with Crippen molar-refractivity contribution in [3.63, 3.8) is 0 Å². The highest BCUT2D eigenvalue weighted by Crippen LogP contribution is 2.22. The molecular formula is C12H14ClN3. The normalized spacial score (nSPS) is 10.7. The molecule has 0 aliphatic heterocycles. The molecule has 2 N–H and O–H groups in total. The van der Waals surface area contributed by atoms with Gasteiger partial charge in [-0.2, -0.15) is 0 Å². The number of aromatic nitrogens is 2. The van der Waals surface area contributed by atoms with E-state index in [0.29, 0.717) is 18.2 Å². The number of aryl methyl sites for hydroxylation is 1. The Balaban J connectivity index is 2.47. The van der Waals surface area contributed by atoms with Crippen molar-refractivity contribution in [3.05, 3.63) is 41.2 Å². The Kier molecular flexibility index (Phi) is 3.27. The van der Waals surface area contributed by atoms with E-state index in [4.69, 9.17) is 17.3 Å². The molecular weight excluding hydrogens is 222 g/mol. The maximum atomic E-state index is 6.06. The molecule has 0 saturated heterocycles. The van der Waals surface area contributed by atoms with Crippen molar-refractivity contribution in [1.29, 1.82) is 0 Å². The van der Waals surface area contributed by atoms with Gasteiger partial charge in [0, 0.05) is 18.7 Å². The molecule has 0 fully saturated rings. The summed E-state index contributed by atoms with van der Waals surface area (Å²) in [6, 6.07) is 8.19. The summed E-state index contributed by atoms with van der Waals surface area (Å²) >= 11 is 6.06. The molecule has 2 rings (SSSR count). The van der Waals surface area contributed by atoms with Gasteiger partial charge in [-0.3, -0.25) is 0 Å². The average Bonchev–Trinajstić information content (AvgIpc) is 2.61. The lowest BCUT2D eigenvalue weighted by Crippen LogP contribution is -2.11. The molecule has 0 bridgehead atoms. The van der Waals surface area contributed by atoms with E-state index in [9.17, 15) is 0 Å². The van der Waals surface area contributed by atoms with Gasteiger partial charge in [0.25, 0.3) is 0 Å². The van der Waals surface area contributed by atoms with E-state index >= 15 is 0 Å². The number of nitrogens with two attached hydrogens (primary N) is 1. The smallest absolute Gasteiger partial charge is 0.141 e. The van der Waals surface area contributed by atoms with Crippen LogP contribution in [0, 0.1) is 6.92 Å². The minimum Gasteiger partial charge on any atom is -0.329 e. The van der Waals surface area contributed by atoms with Gasteiger partial charge in [0.1, 0.15) is 11.0 Å². The minimum absolute atomic E-state index is 0.550. The van der Waals surface area contributed by atoms with Gasteiger partial charge in [-0.05, 0) is 13.0 Å². The van der Waals surface area contributed by atoms with Gasteiger partial charge >= 0.3 is 0 Å². The maximum absolute atomic E-state index is 6.06. The first-order valence-corrected chi connectivity index (χ1v) is 5.58. The van der Waals surface area contributed by atoms with Crippen molar-refractivity contribution in [2.45, 2.75) is 13.5 Å².